The summed E-state index contributed by atoms with van der Waals surface area (Å²) in [5.74, 6) is -2.20. The maximum absolute atomic E-state index is 12.1. The molecule has 3 N–H and O–H groups in total. The van der Waals surface area contributed by atoms with E-state index >= 15 is 0 Å². The zero-order chi connectivity index (χ0) is 13.8. The Hall–Kier alpha value is -1.19. The highest BCUT2D eigenvalue weighted by atomic mass is 32.2. The first kappa shape index (κ1) is 14.9. The summed E-state index contributed by atoms with van der Waals surface area (Å²) in [6.07, 6.45) is 2.41. The van der Waals surface area contributed by atoms with E-state index in [0.717, 1.165) is 19.3 Å². The van der Waals surface area contributed by atoms with Crippen LogP contribution in [0.4, 0.5) is 0 Å². The second kappa shape index (κ2) is 6.12. The number of nitrogens with zero attached hydrogens (tertiary/aromatic N) is 2. The number of hydrogen-bond acceptors (Lipinski definition) is 4. The van der Waals surface area contributed by atoms with Gasteiger partial charge in [-0.3, -0.25) is 9.59 Å². The molecule has 8 nitrogen and oxygen atoms in total. The van der Waals surface area contributed by atoms with Gasteiger partial charge in [0.25, 0.3) is 10.2 Å². The molecule has 18 heavy (non-hydrogen) atoms. The molecule has 1 saturated heterocycles. The van der Waals surface area contributed by atoms with Gasteiger partial charge in [0.2, 0.25) is 5.91 Å². The fourth-order valence-electron chi connectivity index (χ4n) is 1.80. The molecule has 1 aliphatic rings. The second-order valence-corrected chi connectivity index (χ2v) is 6.02. The fourth-order valence-corrected chi connectivity index (χ4v) is 3.41. The van der Waals surface area contributed by atoms with Crippen LogP contribution in [0.3, 0.4) is 0 Å². The van der Waals surface area contributed by atoms with Crippen molar-refractivity contribution in [2.24, 2.45) is 5.73 Å². The third-order valence-electron chi connectivity index (χ3n) is 2.61. The molecule has 0 spiro atoms. The average Bonchev–Trinajstić information content (AvgIpc) is 2.28. The van der Waals surface area contributed by atoms with Gasteiger partial charge in [0.15, 0.2) is 0 Å². The highest BCUT2D eigenvalue weighted by molar-refractivity contribution is 7.86. The summed E-state index contributed by atoms with van der Waals surface area (Å²) in [7, 11) is -3.93. The minimum atomic E-state index is -3.93. The Kier molecular flexibility index (Phi) is 5.05. The third-order valence-corrected chi connectivity index (χ3v) is 4.54. The van der Waals surface area contributed by atoms with Gasteiger partial charge in [0, 0.05) is 13.1 Å². The molecule has 0 radical (unpaired) electrons. The Labute approximate surface area is 106 Å². The van der Waals surface area contributed by atoms with Gasteiger partial charge in [0.05, 0.1) is 6.54 Å². The Morgan fingerprint density at radius 1 is 1.17 bits per heavy atom. The quantitative estimate of drug-likeness (QED) is 0.618. The first-order chi connectivity index (χ1) is 8.34. The topological polar surface area (TPSA) is 121 Å². The van der Waals surface area contributed by atoms with Gasteiger partial charge in [-0.2, -0.15) is 17.0 Å². The van der Waals surface area contributed by atoms with Gasteiger partial charge < -0.3 is 10.8 Å². The van der Waals surface area contributed by atoms with Gasteiger partial charge in [-0.1, -0.05) is 6.42 Å². The number of carboxylic acids is 1. The SMILES string of the molecule is NC(=O)CN(CC(=O)O)S(=O)(=O)N1CCCCC1. The van der Waals surface area contributed by atoms with Gasteiger partial charge in [0.1, 0.15) is 6.54 Å². The molecule has 0 aromatic heterocycles. The van der Waals surface area contributed by atoms with Crippen LogP contribution < -0.4 is 5.73 Å². The van der Waals surface area contributed by atoms with Crippen molar-refractivity contribution in [1.29, 1.82) is 0 Å². The second-order valence-electron chi connectivity index (χ2n) is 4.10. The molecule has 0 aliphatic carbocycles. The minimum Gasteiger partial charge on any atom is -0.480 e. The third kappa shape index (κ3) is 3.93. The average molecular weight is 279 g/mol. The summed E-state index contributed by atoms with van der Waals surface area (Å²) in [5.41, 5.74) is 4.94. The maximum Gasteiger partial charge on any atom is 0.318 e. The van der Waals surface area contributed by atoms with E-state index in [1.54, 1.807) is 0 Å². The fraction of sp³-hybridized carbons (Fsp3) is 0.778. The van der Waals surface area contributed by atoms with Gasteiger partial charge in [-0.15, -0.1) is 0 Å². The smallest absolute Gasteiger partial charge is 0.318 e. The Bertz CT molecular complexity index is 400. The van der Waals surface area contributed by atoms with E-state index < -0.39 is 35.2 Å². The summed E-state index contributed by atoms with van der Waals surface area (Å²) in [6, 6.07) is 0. The van der Waals surface area contributed by atoms with Crippen molar-refractivity contribution in [3.05, 3.63) is 0 Å². The van der Waals surface area contributed by atoms with Crippen LogP contribution in [0.1, 0.15) is 19.3 Å². The largest absolute Gasteiger partial charge is 0.480 e. The van der Waals surface area contributed by atoms with E-state index in [4.69, 9.17) is 10.8 Å². The van der Waals surface area contributed by atoms with Gasteiger partial charge in [-0.25, -0.2) is 0 Å². The number of piperidine rings is 1. The number of carbonyl (C=O) groups excluding carboxylic acids is 1. The van der Waals surface area contributed by atoms with Gasteiger partial charge >= 0.3 is 5.97 Å². The molecule has 1 aliphatic heterocycles. The van der Waals surface area contributed by atoms with E-state index in [-0.39, 0.29) is 0 Å². The molecule has 1 rings (SSSR count). The van der Waals surface area contributed by atoms with Crippen molar-refractivity contribution in [3.8, 4) is 0 Å². The van der Waals surface area contributed by atoms with E-state index in [1.807, 2.05) is 0 Å². The molecular formula is C9H17N3O5S. The standard InChI is InChI=1S/C9H17N3O5S/c10-8(13)6-12(7-9(14)15)18(16,17)11-4-2-1-3-5-11/h1-7H2,(H2,10,13)(H,14,15). The molecule has 0 aromatic carbocycles. The Balaban J connectivity index is 2.86. The molecule has 0 unspecified atom stereocenters. The predicted octanol–water partition coefficient (Wildman–Crippen LogP) is -1.41. The van der Waals surface area contributed by atoms with Gasteiger partial charge in [-0.05, 0) is 12.8 Å². The summed E-state index contributed by atoms with van der Waals surface area (Å²) < 4.78 is 26.1. The highest BCUT2D eigenvalue weighted by Crippen LogP contribution is 2.16. The number of hydrogen-bond donors (Lipinski definition) is 2. The molecular weight excluding hydrogens is 262 g/mol. The lowest BCUT2D eigenvalue weighted by Gasteiger charge is -2.30. The molecule has 1 heterocycles. The number of nitrogens with two attached hydrogens (primary N) is 1. The van der Waals surface area contributed by atoms with Crippen LogP contribution in [0.5, 0.6) is 0 Å². The minimum absolute atomic E-state index is 0.344. The zero-order valence-electron chi connectivity index (χ0n) is 9.91. The Morgan fingerprint density at radius 2 is 1.72 bits per heavy atom. The lowest BCUT2D eigenvalue weighted by molar-refractivity contribution is -0.137. The van der Waals surface area contributed by atoms with Crippen LogP contribution >= 0.6 is 0 Å². The summed E-state index contributed by atoms with van der Waals surface area (Å²) in [6.45, 7) is -0.693. The van der Waals surface area contributed by atoms with Crippen LogP contribution in [0, 0.1) is 0 Å². The molecule has 9 heteroatoms. The molecule has 1 fully saturated rings. The monoisotopic (exact) mass is 279 g/mol. The highest BCUT2D eigenvalue weighted by Gasteiger charge is 2.32. The predicted molar refractivity (Wildman–Crippen MR) is 62.7 cm³/mol. The normalized spacial score (nSPS) is 17.8. The zero-order valence-corrected chi connectivity index (χ0v) is 10.7. The number of carboxylic acid groups (broad SMARTS) is 1. The number of primary amides is 1. The molecule has 0 bridgehead atoms. The van der Waals surface area contributed by atoms with E-state index in [1.165, 1.54) is 4.31 Å². The van der Waals surface area contributed by atoms with E-state index in [9.17, 15) is 18.0 Å². The van der Waals surface area contributed by atoms with Crippen molar-refractivity contribution in [2.45, 2.75) is 19.3 Å². The van der Waals surface area contributed by atoms with E-state index in [2.05, 4.69) is 0 Å². The number of amides is 1. The number of rotatable bonds is 6. The van der Waals surface area contributed by atoms with Crippen LogP contribution in [-0.2, 0) is 19.8 Å². The van der Waals surface area contributed by atoms with Crippen molar-refractivity contribution in [2.75, 3.05) is 26.2 Å². The van der Waals surface area contributed by atoms with Crippen LogP contribution in [-0.4, -0.2) is 60.2 Å². The summed E-state index contributed by atoms with van der Waals surface area (Å²) in [5, 5.41) is 8.68. The first-order valence-electron chi connectivity index (χ1n) is 5.59. The molecule has 0 aromatic rings. The first-order valence-corrected chi connectivity index (χ1v) is 6.99. The van der Waals surface area contributed by atoms with Crippen LogP contribution in [0.15, 0.2) is 0 Å². The molecule has 0 atom stereocenters. The number of aliphatic carboxylic acids is 1. The van der Waals surface area contributed by atoms with Crippen LogP contribution in [0.2, 0.25) is 0 Å². The van der Waals surface area contributed by atoms with Crippen molar-refractivity contribution in [3.63, 3.8) is 0 Å². The number of carbonyl (C=O) groups is 2. The lowest BCUT2D eigenvalue weighted by Crippen LogP contribution is -2.50. The lowest BCUT2D eigenvalue weighted by atomic mass is 10.2. The van der Waals surface area contributed by atoms with Crippen molar-refractivity contribution >= 4 is 22.1 Å². The van der Waals surface area contributed by atoms with Crippen molar-refractivity contribution < 1.29 is 23.1 Å². The van der Waals surface area contributed by atoms with Crippen molar-refractivity contribution in [1.82, 2.24) is 8.61 Å². The maximum atomic E-state index is 12.1. The summed E-state index contributed by atoms with van der Waals surface area (Å²) in [4.78, 5) is 21.5. The molecule has 0 saturated carbocycles. The van der Waals surface area contributed by atoms with E-state index in [0.29, 0.717) is 17.4 Å². The molecule has 104 valence electrons. The van der Waals surface area contributed by atoms with Crippen LogP contribution in [0.25, 0.3) is 0 Å². The Morgan fingerprint density at radius 3 is 2.17 bits per heavy atom. The molecule has 1 amide bonds. The summed E-state index contributed by atoms with van der Waals surface area (Å²) >= 11 is 0.